The molecule has 1 amide bonds. The number of hydrogen-bond acceptors (Lipinski definition) is 7. The molecule has 0 aromatic carbocycles. The number of fused-ring (bicyclic) bond motifs is 1. The van der Waals surface area contributed by atoms with Gasteiger partial charge in [-0.15, -0.1) is 10.2 Å². The second-order valence-electron chi connectivity index (χ2n) is 4.97. The summed E-state index contributed by atoms with van der Waals surface area (Å²) in [7, 11) is 0. The highest BCUT2D eigenvalue weighted by atomic mass is 32.1. The van der Waals surface area contributed by atoms with Crippen molar-refractivity contribution in [2.75, 3.05) is 6.54 Å². The topological polar surface area (TPSA) is 98.2 Å². The normalized spacial score (nSPS) is 11.2. The zero-order chi connectivity index (χ0) is 15.5. The first-order chi connectivity index (χ1) is 10.6. The smallest absolute Gasteiger partial charge is 0.234 e. The Morgan fingerprint density at radius 2 is 2.23 bits per heavy atom. The minimum Gasteiger partial charge on any atom is -0.361 e. The molecule has 1 N–H and O–H groups in total. The van der Waals surface area contributed by atoms with Gasteiger partial charge in [0.1, 0.15) is 10.8 Å². The van der Waals surface area contributed by atoms with Gasteiger partial charge < -0.3 is 9.84 Å². The van der Waals surface area contributed by atoms with Crippen LogP contribution in [0.5, 0.6) is 0 Å². The molecule has 3 aromatic heterocycles. The molecule has 0 aliphatic rings. The average molecular weight is 320 g/mol. The van der Waals surface area contributed by atoms with Gasteiger partial charge in [0, 0.05) is 31.9 Å². The van der Waals surface area contributed by atoms with Gasteiger partial charge in [-0.25, -0.2) is 0 Å². The van der Waals surface area contributed by atoms with E-state index in [0.717, 1.165) is 27.2 Å². The van der Waals surface area contributed by atoms with Gasteiger partial charge in [-0.1, -0.05) is 16.5 Å². The van der Waals surface area contributed by atoms with Crippen molar-refractivity contribution in [3.63, 3.8) is 0 Å². The Kier molecular flexibility index (Phi) is 4.14. The van der Waals surface area contributed by atoms with E-state index < -0.39 is 0 Å². The number of nitrogens with one attached hydrogen (secondary N) is 1. The second kappa shape index (κ2) is 6.22. The summed E-state index contributed by atoms with van der Waals surface area (Å²) in [6, 6.07) is 1.87. The third-order valence-electron chi connectivity index (χ3n) is 3.13. The zero-order valence-electron chi connectivity index (χ0n) is 12.4. The number of carbonyl (C=O) groups excluding carboxylic acids is 1. The van der Waals surface area contributed by atoms with Gasteiger partial charge in [-0.3, -0.25) is 4.79 Å². The highest BCUT2D eigenvalue weighted by Gasteiger charge is 2.10. The number of carbonyl (C=O) groups is 1. The Bertz CT molecular complexity index is 790. The molecule has 0 fully saturated rings. The molecule has 0 atom stereocenters. The number of aromatic nitrogens is 5. The van der Waals surface area contributed by atoms with Crippen LogP contribution in [-0.2, 0) is 17.6 Å². The van der Waals surface area contributed by atoms with Crippen molar-refractivity contribution < 1.29 is 9.32 Å². The van der Waals surface area contributed by atoms with Gasteiger partial charge in [0.05, 0.1) is 5.69 Å². The molecule has 0 saturated heterocycles. The fourth-order valence-electron chi connectivity index (χ4n) is 2.03. The van der Waals surface area contributed by atoms with E-state index in [1.807, 2.05) is 19.9 Å². The minimum atomic E-state index is 0.00269. The number of amides is 1. The Hall–Kier alpha value is -2.29. The summed E-state index contributed by atoms with van der Waals surface area (Å²) in [5.74, 6) is 1.53. The molecule has 0 saturated carbocycles. The fraction of sp³-hybridized carbons (Fsp3) is 0.462. The van der Waals surface area contributed by atoms with Crippen LogP contribution in [0.2, 0.25) is 0 Å². The standard InChI is InChI=1S/C13H16N6O2S/c1-8-7-10(18-21-8)5-6-14-11(20)3-4-12-17-19-9(2)15-16-13(19)22-12/h7H,3-6H2,1-2H3,(H,14,20). The van der Waals surface area contributed by atoms with E-state index >= 15 is 0 Å². The molecule has 0 aliphatic carbocycles. The summed E-state index contributed by atoms with van der Waals surface area (Å²) in [6.07, 6.45) is 1.67. The molecule has 8 nitrogen and oxygen atoms in total. The summed E-state index contributed by atoms with van der Waals surface area (Å²) in [4.78, 5) is 12.6. The van der Waals surface area contributed by atoms with Gasteiger partial charge in [0.25, 0.3) is 0 Å². The van der Waals surface area contributed by atoms with E-state index in [1.165, 1.54) is 11.3 Å². The number of nitrogens with zero attached hydrogens (tertiary/aromatic N) is 5. The first-order valence-electron chi connectivity index (χ1n) is 6.98. The monoisotopic (exact) mass is 320 g/mol. The molecule has 0 spiro atoms. The summed E-state index contributed by atoms with van der Waals surface area (Å²) < 4.78 is 6.67. The average Bonchev–Trinajstić information content (AvgIpc) is 3.16. The highest BCUT2D eigenvalue weighted by molar-refractivity contribution is 7.16. The molecule has 0 unspecified atom stereocenters. The van der Waals surface area contributed by atoms with Crippen LogP contribution in [0.1, 0.15) is 28.7 Å². The van der Waals surface area contributed by atoms with Crippen molar-refractivity contribution in [3.8, 4) is 0 Å². The molecule has 3 heterocycles. The molecular weight excluding hydrogens is 304 g/mol. The molecule has 22 heavy (non-hydrogen) atoms. The van der Waals surface area contributed by atoms with E-state index in [2.05, 4.69) is 25.8 Å². The Morgan fingerprint density at radius 1 is 1.36 bits per heavy atom. The molecule has 0 radical (unpaired) electrons. The van der Waals surface area contributed by atoms with Crippen molar-refractivity contribution in [1.82, 2.24) is 30.3 Å². The second-order valence-corrected chi connectivity index (χ2v) is 6.01. The maximum absolute atomic E-state index is 11.8. The Morgan fingerprint density at radius 3 is 2.95 bits per heavy atom. The molecule has 0 aliphatic heterocycles. The maximum atomic E-state index is 11.8. The van der Waals surface area contributed by atoms with Crippen molar-refractivity contribution in [2.45, 2.75) is 33.1 Å². The predicted molar refractivity (Wildman–Crippen MR) is 79.7 cm³/mol. The van der Waals surface area contributed by atoms with Crippen LogP contribution in [0.15, 0.2) is 10.6 Å². The first-order valence-corrected chi connectivity index (χ1v) is 7.80. The van der Waals surface area contributed by atoms with E-state index in [4.69, 9.17) is 4.52 Å². The van der Waals surface area contributed by atoms with Crippen molar-refractivity contribution >= 4 is 22.2 Å². The lowest BCUT2D eigenvalue weighted by atomic mass is 10.2. The number of aryl methyl sites for hydroxylation is 3. The van der Waals surface area contributed by atoms with Crippen LogP contribution in [0, 0.1) is 13.8 Å². The molecule has 116 valence electrons. The van der Waals surface area contributed by atoms with Crippen LogP contribution in [0.25, 0.3) is 4.96 Å². The lowest BCUT2D eigenvalue weighted by Gasteiger charge is -2.02. The van der Waals surface area contributed by atoms with Crippen LogP contribution in [0.4, 0.5) is 0 Å². The van der Waals surface area contributed by atoms with E-state index in [9.17, 15) is 4.79 Å². The summed E-state index contributed by atoms with van der Waals surface area (Å²) in [5, 5.41) is 20.0. The Labute approximate surface area is 130 Å². The van der Waals surface area contributed by atoms with E-state index in [0.29, 0.717) is 25.8 Å². The molecule has 9 heteroatoms. The van der Waals surface area contributed by atoms with Crippen LogP contribution in [0.3, 0.4) is 0 Å². The van der Waals surface area contributed by atoms with E-state index in [1.54, 1.807) is 4.52 Å². The highest BCUT2D eigenvalue weighted by Crippen LogP contribution is 2.14. The minimum absolute atomic E-state index is 0.00269. The van der Waals surface area contributed by atoms with Crippen molar-refractivity contribution in [1.29, 1.82) is 0 Å². The SMILES string of the molecule is Cc1cc(CCNC(=O)CCc2nn3c(C)nnc3s2)no1. The summed E-state index contributed by atoms with van der Waals surface area (Å²) in [5.41, 5.74) is 0.849. The third kappa shape index (κ3) is 3.30. The molecular formula is C13H16N6O2S. The van der Waals surface area contributed by atoms with Crippen LogP contribution >= 0.6 is 11.3 Å². The molecule has 3 rings (SSSR count). The van der Waals surface area contributed by atoms with Gasteiger partial charge in [-0.2, -0.15) is 9.61 Å². The van der Waals surface area contributed by atoms with E-state index in [-0.39, 0.29) is 5.91 Å². The summed E-state index contributed by atoms with van der Waals surface area (Å²) in [6.45, 7) is 4.24. The van der Waals surface area contributed by atoms with Gasteiger partial charge in [-0.05, 0) is 13.8 Å². The largest absolute Gasteiger partial charge is 0.361 e. The van der Waals surface area contributed by atoms with Gasteiger partial charge in [0.2, 0.25) is 10.9 Å². The van der Waals surface area contributed by atoms with Crippen molar-refractivity contribution in [2.24, 2.45) is 0 Å². The zero-order valence-corrected chi connectivity index (χ0v) is 13.2. The van der Waals surface area contributed by atoms with Crippen LogP contribution < -0.4 is 5.32 Å². The first kappa shape index (κ1) is 14.6. The maximum Gasteiger partial charge on any atom is 0.234 e. The summed E-state index contributed by atoms with van der Waals surface area (Å²) >= 11 is 1.46. The number of hydrogen-bond donors (Lipinski definition) is 1. The predicted octanol–water partition coefficient (Wildman–Crippen LogP) is 1.08. The van der Waals surface area contributed by atoms with Gasteiger partial charge in [0.15, 0.2) is 5.82 Å². The quantitative estimate of drug-likeness (QED) is 0.730. The lowest BCUT2D eigenvalue weighted by molar-refractivity contribution is -0.121. The molecule has 3 aromatic rings. The lowest BCUT2D eigenvalue weighted by Crippen LogP contribution is -2.25. The third-order valence-corrected chi connectivity index (χ3v) is 4.09. The Balaban J connectivity index is 1.43. The van der Waals surface area contributed by atoms with Crippen LogP contribution in [-0.4, -0.2) is 37.4 Å². The van der Waals surface area contributed by atoms with Crippen molar-refractivity contribution in [3.05, 3.63) is 28.4 Å². The van der Waals surface area contributed by atoms with Gasteiger partial charge >= 0.3 is 0 Å². The number of rotatable bonds is 6. The fourth-order valence-corrected chi connectivity index (χ4v) is 2.91. The molecule has 0 bridgehead atoms.